The fourth-order valence-corrected chi connectivity index (χ4v) is 3.64. The van der Waals surface area contributed by atoms with Crippen molar-refractivity contribution in [3.05, 3.63) is 65.2 Å². The Morgan fingerprint density at radius 1 is 1.11 bits per heavy atom. The lowest BCUT2D eigenvalue weighted by Gasteiger charge is -2.15. The van der Waals surface area contributed by atoms with Crippen LogP contribution in [0.3, 0.4) is 0 Å². The molecule has 4 heteroatoms. The predicted molar refractivity (Wildman–Crippen MR) is 73.1 cm³/mol. The van der Waals surface area contributed by atoms with E-state index in [-0.39, 0.29) is 11.3 Å². The van der Waals surface area contributed by atoms with E-state index in [9.17, 15) is 8.78 Å². The van der Waals surface area contributed by atoms with Gasteiger partial charge in [-0.15, -0.1) is 11.8 Å². The summed E-state index contributed by atoms with van der Waals surface area (Å²) in [4.78, 5) is 0.453. The van der Waals surface area contributed by atoms with E-state index in [0.717, 1.165) is 18.1 Å². The molecule has 98 valence electrons. The van der Waals surface area contributed by atoms with Crippen LogP contribution in [-0.4, -0.2) is 5.25 Å². The van der Waals surface area contributed by atoms with Crippen LogP contribution in [0.1, 0.15) is 17.2 Å². The molecule has 0 aromatic heterocycles. The Hall–Kier alpha value is -1.39. The summed E-state index contributed by atoms with van der Waals surface area (Å²) in [6.45, 7) is 0. The second-order valence-corrected chi connectivity index (χ2v) is 5.94. The van der Waals surface area contributed by atoms with Gasteiger partial charge in [-0.1, -0.05) is 24.3 Å². The smallest absolute Gasteiger partial charge is 0.139 e. The molecule has 2 atom stereocenters. The lowest BCUT2D eigenvalue weighted by molar-refractivity contribution is 0.565. The van der Waals surface area contributed by atoms with Crippen molar-refractivity contribution in [2.24, 2.45) is 5.73 Å². The van der Waals surface area contributed by atoms with Gasteiger partial charge in [0.2, 0.25) is 0 Å². The van der Waals surface area contributed by atoms with E-state index in [1.807, 2.05) is 18.2 Å². The molecule has 0 heterocycles. The molecule has 0 radical (unpaired) electrons. The molecule has 2 aromatic rings. The average molecular weight is 277 g/mol. The van der Waals surface area contributed by atoms with Crippen LogP contribution in [0.4, 0.5) is 8.78 Å². The van der Waals surface area contributed by atoms with Crippen LogP contribution < -0.4 is 5.73 Å². The first-order chi connectivity index (χ1) is 9.15. The minimum atomic E-state index is -0.555. The lowest BCUT2D eigenvalue weighted by atomic mass is 10.1. The first-order valence-corrected chi connectivity index (χ1v) is 6.98. The highest BCUT2D eigenvalue weighted by atomic mass is 32.2. The number of hydrogen-bond donors (Lipinski definition) is 1. The maximum absolute atomic E-state index is 13.7. The first kappa shape index (κ1) is 12.6. The number of rotatable bonds is 2. The fraction of sp³-hybridized carbons (Fsp3) is 0.200. The zero-order valence-corrected chi connectivity index (χ0v) is 11.0. The monoisotopic (exact) mass is 277 g/mol. The number of halogens is 2. The Bertz CT molecular complexity index is 615. The number of thioether (sulfide) groups is 1. The highest BCUT2D eigenvalue weighted by molar-refractivity contribution is 8.00. The van der Waals surface area contributed by atoms with Crippen molar-refractivity contribution in [2.45, 2.75) is 22.6 Å². The zero-order chi connectivity index (χ0) is 13.4. The molecule has 0 amide bonds. The summed E-state index contributed by atoms with van der Waals surface area (Å²) in [5.41, 5.74) is 8.55. The number of nitrogens with two attached hydrogens (primary N) is 1. The molecule has 2 aromatic carbocycles. The van der Waals surface area contributed by atoms with Crippen molar-refractivity contribution in [3.8, 4) is 0 Å². The molecule has 2 unspecified atom stereocenters. The van der Waals surface area contributed by atoms with Gasteiger partial charge in [-0.3, -0.25) is 0 Å². The quantitative estimate of drug-likeness (QED) is 0.906. The summed E-state index contributed by atoms with van der Waals surface area (Å²) >= 11 is 1.38. The van der Waals surface area contributed by atoms with Gasteiger partial charge < -0.3 is 5.73 Å². The highest BCUT2D eigenvalue weighted by Gasteiger charge is 2.30. The Balaban J connectivity index is 1.83. The average Bonchev–Trinajstić information content (AvgIpc) is 2.70. The maximum atomic E-state index is 13.7. The molecular formula is C15H13F2NS. The SMILES string of the molecule is NC1c2ccccc2CC1Sc1ccc(F)cc1F. The zero-order valence-electron chi connectivity index (χ0n) is 10.1. The van der Waals surface area contributed by atoms with Crippen LogP contribution in [0.2, 0.25) is 0 Å². The van der Waals surface area contributed by atoms with Crippen molar-refractivity contribution in [1.82, 2.24) is 0 Å². The van der Waals surface area contributed by atoms with E-state index in [1.54, 1.807) is 0 Å². The third-order valence-corrected chi connectivity index (χ3v) is 4.76. The summed E-state index contributed by atoms with van der Waals surface area (Å²) in [6.07, 6.45) is 0.818. The molecule has 1 aliphatic rings. The summed E-state index contributed by atoms with van der Waals surface area (Å²) in [5, 5.41) is 0.0948. The minimum absolute atomic E-state index is 0.0948. The topological polar surface area (TPSA) is 26.0 Å². The van der Waals surface area contributed by atoms with Crippen molar-refractivity contribution in [1.29, 1.82) is 0 Å². The van der Waals surface area contributed by atoms with E-state index in [1.165, 1.54) is 29.5 Å². The molecule has 0 fully saturated rings. The number of hydrogen-bond acceptors (Lipinski definition) is 2. The van der Waals surface area contributed by atoms with E-state index >= 15 is 0 Å². The Morgan fingerprint density at radius 3 is 2.63 bits per heavy atom. The van der Waals surface area contributed by atoms with Crippen LogP contribution in [0, 0.1) is 11.6 Å². The molecule has 2 N–H and O–H groups in total. The first-order valence-electron chi connectivity index (χ1n) is 6.10. The molecule has 1 aliphatic carbocycles. The van der Waals surface area contributed by atoms with Crippen molar-refractivity contribution < 1.29 is 8.78 Å². The van der Waals surface area contributed by atoms with Gasteiger partial charge >= 0.3 is 0 Å². The van der Waals surface area contributed by atoms with Gasteiger partial charge in [0.1, 0.15) is 11.6 Å². The van der Waals surface area contributed by atoms with Gasteiger partial charge in [0.15, 0.2) is 0 Å². The molecule has 0 saturated heterocycles. The van der Waals surface area contributed by atoms with Crippen LogP contribution in [0.15, 0.2) is 47.4 Å². The van der Waals surface area contributed by atoms with E-state index < -0.39 is 11.6 Å². The summed E-state index contributed by atoms with van der Waals surface area (Å²) in [5.74, 6) is -1.07. The van der Waals surface area contributed by atoms with Crippen LogP contribution in [0.5, 0.6) is 0 Å². The molecule has 3 rings (SSSR count). The largest absolute Gasteiger partial charge is 0.323 e. The van der Waals surface area contributed by atoms with Gasteiger partial charge in [-0.2, -0.15) is 0 Å². The summed E-state index contributed by atoms with van der Waals surface area (Å²) in [6, 6.07) is 11.6. The van der Waals surface area contributed by atoms with Crippen LogP contribution >= 0.6 is 11.8 Å². The van der Waals surface area contributed by atoms with E-state index in [4.69, 9.17) is 5.73 Å². The minimum Gasteiger partial charge on any atom is -0.323 e. The normalized spacial score (nSPS) is 21.4. The third-order valence-electron chi connectivity index (χ3n) is 3.41. The molecule has 19 heavy (non-hydrogen) atoms. The summed E-state index contributed by atoms with van der Waals surface area (Å²) in [7, 11) is 0. The molecule has 0 bridgehead atoms. The third kappa shape index (κ3) is 2.38. The van der Waals surface area contributed by atoms with E-state index in [2.05, 4.69) is 6.07 Å². The van der Waals surface area contributed by atoms with Gasteiger partial charge in [-0.25, -0.2) is 8.78 Å². The van der Waals surface area contributed by atoms with Gasteiger partial charge in [0.25, 0.3) is 0 Å². The Labute approximate surface area is 114 Å². The van der Waals surface area contributed by atoms with E-state index in [0.29, 0.717) is 4.90 Å². The number of benzene rings is 2. The predicted octanol–water partition coefficient (Wildman–Crippen LogP) is 3.68. The lowest BCUT2D eigenvalue weighted by Crippen LogP contribution is -2.19. The maximum Gasteiger partial charge on any atom is 0.139 e. The molecule has 0 aliphatic heterocycles. The molecule has 0 saturated carbocycles. The van der Waals surface area contributed by atoms with Crippen molar-refractivity contribution in [2.75, 3.05) is 0 Å². The van der Waals surface area contributed by atoms with Gasteiger partial charge in [-0.05, 0) is 29.7 Å². The Kier molecular flexibility index (Phi) is 3.29. The molecule has 1 nitrogen and oxygen atoms in total. The van der Waals surface area contributed by atoms with Crippen LogP contribution in [-0.2, 0) is 6.42 Å². The molecule has 0 spiro atoms. The highest BCUT2D eigenvalue weighted by Crippen LogP contribution is 2.40. The fourth-order valence-electron chi connectivity index (χ4n) is 2.44. The van der Waals surface area contributed by atoms with Crippen molar-refractivity contribution >= 4 is 11.8 Å². The second kappa shape index (κ2) is 4.94. The van der Waals surface area contributed by atoms with Gasteiger partial charge in [0.05, 0.1) is 0 Å². The van der Waals surface area contributed by atoms with Crippen LogP contribution in [0.25, 0.3) is 0 Å². The summed E-state index contributed by atoms with van der Waals surface area (Å²) < 4.78 is 26.5. The van der Waals surface area contributed by atoms with Gasteiger partial charge in [0, 0.05) is 22.3 Å². The number of fused-ring (bicyclic) bond motifs is 1. The molecular weight excluding hydrogens is 264 g/mol. The standard InChI is InChI=1S/C15H13F2NS/c16-10-5-6-13(12(17)8-10)19-14-7-9-3-1-2-4-11(9)15(14)18/h1-6,8,14-15H,7,18H2. The second-order valence-electron chi connectivity index (χ2n) is 4.66. The van der Waals surface area contributed by atoms with Crippen molar-refractivity contribution in [3.63, 3.8) is 0 Å². The Morgan fingerprint density at radius 2 is 1.89 bits per heavy atom.